The number of nitrogens with zero attached hydrogens (tertiary/aromatic N) is 4. The average molecular weight is 402 g/mol. The molecule has 9 nitrogen and oxygen atoms in total. The van der Waals surface area contributed by atoms with Gasteiger partial charge in [0.1, 0.15) is 17.4 Å². The number of H-pyrrole nitrogens is 2. The van der Waals surface area contributed by atoms with Gasteiger partial charge >= 0.3 is 11.6 Å². The molecule has 4 heterocycles. The summed E-state index contributed by atoms with van der Waals surface area (Å²) < 4.78 is 34.5. The number of hydrogen-bond donors (Lipinski definition) is 2. The molecule has 29 heavy (non-hydrogen) atoms. The van der Waals surface area contributed by atoms with E-state index in [1.807, 2.05) is 0 Å². The summed E-state index contributed by atoms with van der Waals surface area (Å²) in [6.07, 6.45) is 2.77. The Kier molecular flexibility index (Phi) is 4.57. The maximum Gasteiger partial charge on any atom is 0.325 e. The van der Waals surface area contributed by atoms with Gasteiger partial charge in [0.15, 0.2) is 6.10 Å². The smallest absolute Gasteiger partial charge is 0.325 e. The number of ether oxygens (including phenoxy) is 1. The predicted octanol–water partition coefficient (Wildman–Crippen LogP) is 1.13. The van der Waals surface area contributed by atoms with Gasteiger partial charge in [-0.05, 0) is 19.1 Å². The topological polar surface area (TPSA) is 117 Å². The number of anilines is 1. The van der Waals surface area contributed by atoms with Crippen molar-refractivity contribution in [1.82, 2.24) is 24.9 Å². The highest BCUT2D eigenvalue weighted by atomic mass is 19.3. The first-order chi connectivity index (χ1) is 13.8. The molecule has 0 saturated carbocycles. The van der Waals surface area contributed by atoms with Gasteiger partial charge in [0.25, 0.3) is 5.56 Å². The molecule has 1 atom stereocenters. The quantitative estimate of drug-likeness (QED) is 0.672. The number of halogens is 2. The number of aromatic nitrogens is 5. The molecule has 1 aliphatic heterocycles. The normalized spacial score (nSPS) is 18.0. The van der Waals surface area contributed by atoms with E-state index in [4.69, 9.17) is 4.74 Å². The van der Waals surface area contributed by atoms with Crippen molar-refractivity contribution in [2.45, 2.75) is 19.0 Å². The Bertz CT molecular complexity index is 1150. The monoisotopic (exact) mass is 402 g/mol. The van der Waals surface area contributed by atoms with Gasteiger partial charge in [0, 0.05) is 24.7 Å². The largest absolute Gasteiger partial charge is 0.482 e. The van der Waals surface area contributed by atoms with Crippen LogP contribution in [-0.2, 0) is 0 Å². The van der Waals surface area contributed by atoms with Gasteiger partial charge in [0.2, 0.25) is 0 Å². The second kappa shape index (κ2) is 7.08. The molecule has 3 aromatic heterocycles. The molecule has 3 aromatic rings. The van der Waals surface area contributed by atoms with Crippen LogP contribution in [0.25, 0.3) is 11.3 Å². The van der Waals surface area contributed by atoms with Crippen LogP contribution in [0.4, 0.5) is 14.6 Å². The van der Waals surface area contributed by atoms with Gasteiger partial charge in [-0.15, -0.1) is 0 Å². The van der Waals surface area contributed by atoms with E-state index in [1.54, 1.807) is 6.92 Å². The number of rotatable bonds is 4. The number of aryl methyl sites for hydroxylation is 1. The summed E-state index contributed by atoms with van der Waals surface area (Å²) in [5.41, 5.74) is -0.970. The van der Waals surface area contributed by atoms with Crippen LogP contribution in [0.15, 0.2) is 46.4 Å². The van der Waals surface area contributed by atoms with Crippen LogP contribution in [0.1, 0.15) is 5.82 Å². The highest BCUT2D eigenvalue weighted by Crippen LogP contribution is 2.34. The molecule has 0 amide bonds. The first-order valence-electron chi connectivity index (χ1n) is 8.69. The molecular formula is C18H16F2N6O3. The lowest BCUT2D eigenvalue weighted by molar-refractivity contribution is -0.0594. The van der Waals surface area contributed by atoms with Gasteiger partial charge in [-0.3, -0.25) is 14.8 Å². The Hall–Kier alpha value is -3.63. The fraction of sp³-hybridized carbons (Fsp3) is 0.278. The van der Waals surface area contributed by atoms with Crippen molar-refractivity contribution in [3.8, 4) is 17.0 Å². The second-order valence-electron chi connectivity index (χ2n) is 6.58. The van der Waals surface area contributed by atoms with Crippen molar-refractivity contribution in [2.24, 2.45) is 0 Å². The van der Waals surface area contributed by atoms with Gasteiger partial charge in [-0.25, -0.2) is 23.5 Å². The summed E-state index contributed by atoms with van der Waals surface area (Å²) in [7, 11) is 0. The van der Waals surface area contributed by atoms with E-state index >= 15 is 0 Å². The molecule has 1 saturated heterocycles. The Labute approximate surface area is 162 Å². The van der Waals surface area contributed by atoms with Crippen molar-refractivity contribution in [2.75, 3.05) is 18.0 Å². The van der Waals surface area contributed by atoms with E-state index in [0.29, 0.717) is 11.6 Å². The zero-order valence-corrected chi connectivity index (χ0v) is 15.2. The second-order valence-corrected chi connectivity index (χ2v) is 6.58. The fourth-order valence-electron chi connectivity index (χ4n) is 3.09. The van der Waals surface area contributed by atoms with Gasteiger partial charge in [-0.2, -0.15) is 0 Å². The van der Waals surface area contributed by atoms with Gasteiger partial charge in [0.05, 0.1) is 24.3 Å². The Morgan fingerprint density at radius 1 is 1.24 bits per heavy atom. The summed E-state index contributed by atoms with van der Waals surface area (Å²) in [6, 6.07) is 4.45. The minimum Gasteiger partial charge on any atom is -0.482 e. The Morgan fingerprint density at radius 2 is 2.00 bits per heavy atom. The van der Waals surface area contributed by atoms with E-state index in [-0.39, 0.29) is 23.6 Å². The van der Waals surface area contributed by atoms with Crippen molar-refractivity contribution in [3.63, 3.8) is 0 Å². The van der Waals surface area contributed by atoms with Crippen LogP contribution >= 0.6 is 0 Å². The summed E-state index contributed by atoms with van der Waals surface area (Å²) >= 11 is 0. The third kappa shape index (κ3) is 3.84. The molecule has 150 valence electrons. The van der Waals surface area contributed by atoms with E-state index in [1.165, 1.54) is 41.7 Å². The molecular weight excluding hydrogens is 386 g/mol. The fourth-order valence-corrected chi connectivity index (χ4v) is 3.09. The standard InChI is InChI=1S/C18H16F2N6O3/c1-10-23-13(12-7-22-17(28)25-16(12)27)6-15(24-10)26-8-14(18(19,20)9-26)29-11-2-4-21-5-3-11/h2-7,14H,8-9H2,1H3,(H2,22,25,27,28). The summed E-state index contributed by atoms with van der Waals surface area (Å²) in [6.45, 7) is 0.889. The molecule has 0 bridgehead atoms. The molecule has 2 N–H and O–H groups in total. The first-order valence-corrected chi connectivity index (χ1v) is 8.69. The van der Waals surface area contributed by atoms with E-state index in [9.17, 15) is 18.4 Å². The molecule has 0 radical (unpaired) electrons. The first kappa shape index (κ1) is 18.7. The molecule has 0 spiro atoms. The third-order valence-electron chi connectivity index (χ3n) is 4.43. The molecule has 0 aromatic carbocycles. The van der Waals surface area contributed by atoms with E-state index in [0.717, 1.165) is 0 Å². The summed E-state index contributed by atoms with van der Waals surface area (Å²) in [5, 5.41) is 0. The summed E-state index contributed by atoms with van der Waals surface area (Å²) in [5.74, 6) is -2.29. The Balaban J connectivity index is 1.64. The minimum atomic E-state index is -3.11. The predicted molar refractivity (Wildman–Crippen MR) is 99.3 cm³/mol. The molecule has 11 heteroatoms. The molecule has 1 unspecified atom stereocenters. The maximum atomic E-state index is 14.5. The number of pyridine rings is 1. The minimum absolute atomic E-state index is 0.104. The van der Waals surface area contributed by atoms with Crippen LogP contribution < -0.4 is 20.9 Å². The van der Waals surface area contributed by atoms with Crippen LogP contribution in [0.2, 0.25) is 0 Å². The Morgan fingerprint density at radius 3 is 2.72 bits per heavy atom. The van der Waals surface area contributed by atoms with Crippen molar-refractivity contribution >= 4 is 5.82 Å². The van der Waals surface area contributed by atoms with Crippen molar-refractivity contribution in [1.29, 1.82) is 0 Å². The molecule has 4 rings (SSSR count). The highest BCUT2D eigenvalue weighted by Gasteiger charge is 2.50. The van der Waals surface area contributed by atoms with Crippen LogP contribution in [0.3, 0.4) is 0 Å². The van der Waals surface area contributed by atoms with E-state index < -0.39 is 29.8 Å². The molecule has 1 aliphatic rings. The number of alkyl halides is 2. The maximum absolute atomic E-state index is 14.5. The third-order valence-corrected chi connectivity index (χ3v) is 4.43. The van der Waals surface area contributed by atoms with Gasteiger partial charge < -0.3 is 14.6 Å². The lowest BCUT2D eigenvalue weighted by Gasteiger charge is -2.18. The zero-order chi connectivity index (χ0) is 20.6. The highest BCUT2D eigenvalue weighted by molar-refractivity contribution is 5.61. The number of aromatic amines is 2. The lowest BCUT2D eigenvalue weighted by Crippen LogP contribution is -2.36. The van der Waals surface area contributed by atoms with Gasteiger partial charge in [-0.1, -0.05) is 0 Å². The average Bonchev–Trinajstić information content (AvgIpc) is 2.96. The van der Waals surface area contributed by atoms with Crippen molar-refractivity contribution < 1.29 is 13.5 Å². The molecule has 0 aliphatic carbocycles. The van der Waals surface area contributed by atoms with Crippen molar-refractivity contribution in [3.05, 3.63) is 63.5 Å². The SMILES string of the molecule is Cc1nc(-c2c[nH]c(=O)[nH]c2=O)cc(N2CC(Oc3ccncc3)C(F)(F)C2)n1. The summed E-state index contributed by atoms with van der Waals surface area (Å²) in [4.78, 5) is 41.4. The van der Waals surface area contributed by atoms with Crippen LogP contribution in [-0.4, -0.2) is 50.0 Å². The van der Waals surface area contributed by atoms with Crippen LogP contribution in [0, 0.1) is 6.92 Å². The number of hydrogen-bond acceptors (Lipinski definition) is 7. The van der Waals surface area contributed by atoms with E-state index in [2.05, 4.69) is 24.9 Å². The lowest BCUT2D eigenvalue weighted by atomic mass is 10.2. The molecule has 1 fully saturated rings. The zero-order valence-electron chi connectivity index (χ0n) is 15.2. The van der Waals surface area contributed by atoms with Crippen LogP contribution in [0.5, 0.6) is 5.75 Å². The number of nitrogens with one attached hydrogen (secondary N) is 2.